The number of hydrogen-bond donors (Lipinski definition) is 1. The van der Waals surface area contributed by atoms with E-state index in [9.17, 15) is 9.90 Å². The van der Waals surface area contributed by atoms with Gasteiger partial charge in [-0.3, -0.25) is 4.79 Å². The smallest absolute Gasteiger partial charge is 0.312 e. The molecular weight excluding hydrogens is 364 g/mol. The number of carbonyl (C=O) groups is 1. The van der Waals surface area contributed by atoms with Gasteiger partial charge in [-0.15, -0.1) is 6.58 Å². The quantitative estimate of drug-likeness (QED) is 0.489. The minimum Gasteiger partial charge on any atom is -0.466 e. The van der Waals surface area contributed by atoms with Crippen molar-refractivity contribution < 1.29 is 19.4 Å². The van der Waals surface area contributed by atoms with Crippen LogP contribution in [0.5, 0.6) is 0 Å². The van der Waals surface area contributed by atoms with E-state index in [2.05, 4.69) is 34.3 Å². The summed E-state index contributed by atoms with van der Waals surface area (Å²) < 4.78 is 12.3. The Kier molecular flexibility index (Phi) is 6.29. The van der Waals surface area contributed by atoms with Gasteiger partial charge in [0.25, 0.3) is 0 Å². The van der Waals surface area contributed by atoms with Crippen LogP contribution in [0.25, 0.3) is 0 Å². The van der Waals surface area contributed by atoms with Gasteiger partial charge < -0.3 is 14.6 Å². The molecule has 0 aliphatic heterocycles. The van der Waals surface area contributed by atoms with E-state index >= 15 is 0 Å². The van der Waals surface area contributed by atoms with Gasteiger partial charge in [-0.25, -0.2) is 0 Å². The number of carbonyl (C=O) groups excluding carboxylic acids is 1. The molecule has 3 aliphatic carbocycles. The molecule has 166 valence electrons. The highest BCUT2D eigenvalue weighted by Gasteiger charge is 2.72. The molecule has 0 aromatic carbocycles. The Labute approximate surface area is 177 Å². The van der Waals surface area contributed by atoms with Crippen LogP contribution in [-0.4, -0.2) is 35.0 Å². The van der Waals surface area contributed by atoms with Crippen molar-refractivity contribution in [1.29, 1.82) is 0 Å². The van der Waals surface area contributed by atoms with Crippen LogP contribution < -0.4 is 0 Å². The summed E-state index contributed by atoms with van der Waals surface area (Å²) in [6, 6.07) is 0. The maximum atomic E-state index is 13.2. The molecule has 1 N–H and O–H groups in total. The van der Waals surface area contributed by atoms with Crippen molar-refractivity contribution in [2.24, 2.45) is 22.7 Å². The van der Waals surface area contributed by atoms with Crippen LogP contribution in [0, 0.1) is 22.7 Å². The Morgan fingerprint density at radius 3 is 2.34 bits per heavy atom. The van der Waals surface area contributed by atoms with E-state index in [-0.39, 0.29) is 23.4 Å². The van der Waals surface area contributed by atoms with Crippen molar-refractivity contribution in [3.63, 3.8) is 0 Å². The first-order valence-electron chi connectivity index (χ1n) is 11.7. The van der Waals surface area contributed by atoms with Crippen molar-refractivity contribution in [2.45, 2.75) is 110 Å². The van der Waals surface area contributed by atoms with Crippen LogP contribution in [0.4, 0.5) is 0 Å². The topological polar surface area (TPSA) is 55.8 Å². The molecule has 0 radical (unpaired) electrons. The lowest BCUT2D eigenvalue weighted by Crippen LogP contribution is -2.74. The summed E-state index contributed by atoms with van der Waals surface area (Å²) >= 11 is 0. The van der Waals surface area contributed by atoms with Crippen LogP contribution >= 0.6 is 0 Å². The molecule has 5 atom stereocenters. The molecule has 0 saturated heterocycles. The van der Waals surface area contributed by atoms with Crippen molar-refractivity contribution in [3.8, 4) is 0 Å². The normalized spacial score (nSPS) is 42.7. The summed E-state index contributed by atoms with van der Waals surface area (Å²) in [7, 11) is 0. The number of ether oxygens (including phenoxy) is 2. The highest BCUT2D eigenvalue weighted by atomic mass is 16.5. The number of rotatable bonds is 5. The van der Waals surface area contributed by atoms with E-state index in [0.717, 1.165) is 32.1 Å². The SMILES string of the molecule is C=C[C@H]1[C@](C)(OC2CCCCC2)C[C@H](C(=O)OCC)[C@]2(O)C(C)(C)CCC[C@]12C. The van der Waals surface area contributed by atoms with E-state index in [4.69, 9.17) is 9.47 Å². The van der Waals surface area contributed by atoms with Crippen molar-refractivity contribution in [3.05, 3.63) is 12.7 Å². The fourth-order valence-electron chi connectivity index (χ4n) is 7.36. The monoisotopic (exact) mass is 406 g/mol. The Morgan fingerprint density at radius 1 is 1.10 bits per heavy atom. The largest absolute Gasteiger partial charge is 0.466 e. The molecule has 0 bridgehead atoms. The molecule has 4 heteroatoms. The van der Waals surface area contributed by atoms with Crippen molar-refractivity contribution in [1.82, 2.24) is 0 Å². The number of esters is 1. The van der Waals surface area contributed by atoms with Crippen molar-refractivity contribution >= 4 is 5.97 Å². The predicted octanol–water partition coefficient (Wildman–Crippen LogP) is 5.43. The molecule has 29 heavy (non-hydrogen) atoms. The van der Waals surface area contributed by atoms with Crippen LogP contribution in [0.1, 0.15) is 92.4 Å². The highest BCUT2D eigenvalue weighted by Crippen LogP contribution is 2.67. The first kappa shape index (κ1) is 22.8. The summed E-state index contributed by atoms with van der Waals surface area (Å²) in [4.78, 5) is 13.2. The Balaban J connectivity index is 2.07. The molecular formula is C25H42O4. The van der Waals surface area contributed by atoms with E-state index in [1.165, 1.54) is 19.3 Å². The summed E-state index contributed by atoms with van der Waals surface area (Å²) in [5.41, 5.74) is -2.56. The molecule has 4 nitrogen and oxygen atoms in total. The molecule has 0 spiro atoms. The third-order valence-electron chi connectivity index (χ3n) is 8.65. The Hall–Kier alpha value is -0.870. The summed E-state index contributed by atoms with van der Waals surface area (Å²) in [6.45, 7) is 14.9. The minimum atomic E-state index is -1.15. The van der Waals surface area contributed by atoms with Crippen LogP contribution in [0.15, 0.2) is 12.7 Å². The summed E-state index contributed by atoms with van der Waals surface area (Å²) in [5.74, 6) is -0.892. The van der Waals surface area contributed by atoms with Crippen LogP contribution in [0.3, 0.4) is 0 Å². The van der Waals surface area contributed by atoms with Crippen LogP contribution in [0.2, 0.25) is 0 Å². The van der Waals surface area contributed by atoms with E-state index in [1.54, 1.807) is 0 Å². The molecule has 0 aromatic heterocycles. The number of hydrogen-bond acceptors (Lipinski definition) is 4. The zero-order valence-electron chi connectivity index (χ0n) is 19.3. The van der Waals surface area contributed by atoms with Gasteiger partial charge in [-0.2, -0.15) is 0 Å². The van der Waals surface area contributed by atoms with Gasteiger partial charge in [0.1, 0.15) is 0 Å². The standard InChI is InChI=1S/C25H42O4/c1-7-20-23(5)16-12-15-22(3,4)25(23,27)19(21(26)28-8-2)17-24(20,6)29-18-13-10-9-11-14-18/h7,18-20,27H,1,8-17H2,2-6H3/t19-,20-,23-,24-,25+/m1/s1. The van der Waals surface area contributed by atoms with Crippen molar-refractivity contribution in [2.75, 3.05) is 6.61 Å². The zero-order valence-corrected chi connectivity index (χ0v) is 19.3. The van der Waals surface area contributed by atoms with Crippen LogP contribution in [-0.2, 0) is 14.3 Å². The third-order valence-corrected chi connectivity index (χ3v) is 8.65. The van der Waals surface area contributed by atoms with E-state index in [1.807, 2.05) is 13.0 Å². The van der Waals surface area contributed by atoms with Gasteiger partial charge in [0.05, 0.1) is 29.8 Å². The molecule has 3 saturated carbocycles. The lowest BCUT2D eigenvalue weighted by Gasteiger charge is -2.68. The lowest BCUT2D eigenvalue weighted by molar-refractivity contribution is -0.296. The molecule has 3 fully saturated rings. The zero-order chi connectivity index (χ0) is 21.5. The average molecular weight is 407 g/mol. The lowest BCUT2D eigenvalue weighted by atomic mass is 9.40. The predicted molar refractivity (Wildman–Crippen MR) is 115 cm³/mol. The Bertz CT molecular complexity index is 622. The first-order valence-corrected chi connectivity index (χ1v) is 11.7. The summed E-state index contributed by atoms with van der Waals surface area (Å²) in [6.07, 6.45) is 11.3. The molecule has 0 aromatic rings. The minimum absolute atomic E-state index is 0.0211. The van der Waals surface area contributed by atoms with E-state index in [0.29, 0.717) is 13.0 Å². The highest BCUT2D eigenvalue weighted by molar-refractivity contribution is 5.75. The fourth-order valence-corrected chi connectivity index (χ4v) is 7.36. The summed E-state index contributed by atoms with van der Waals surface area (Å²) in [5, 5.41) is 12.4. The third kappa shape index (κ3) is 3.48. The van der Waals surface area contributed by atoms with Gasteiger partial charge >= 0.3 is 5.97 Å². The maximum absolute atomic E-state index is 13.2. The molecule has 0 amide bonds. The number of aliphatic hydroxyl groups is 1. The second-order valence-electron chi connectivity index (χ2n) is 10.8. The van der Waals surface area contributed by atoms with Gasteiger partial charge in [0.2, 0.25) is 0 Å². The maximum Gasteiger partial charge on any atom is 0.312 e. The second kappa shape index (κ2) is 8.00. The first-order chi connectivity index (χ1) is 13.6. The van der Waals surface area contributed by atoms with Gasteiger partial charge in [-0.05, 0) is 51.4 Å². The number of fused-ring (bicyclic) bond motifs is 1. The molecule has 3 rings (SSSR count). The van der Waals surface area contributed by atoms with E-state index < -0.39 is 22.5 Å². The fraction of sp³-hybridized carbons (Fsp3) is 0.880. The van der Waals surface area contributed by atoms with Gasteiger partial charge in [0, 0.05) is 11.3 Å². The second-order valence-corrected chi connectivity index (χ2v) is 10.8. The molecule has 0 heterocycles. The Morgan fingerprint density at radius 2 is 1.76 bits per heavy atom. The van der Waals surface area contributed by atoms with Gasteiger partial charge in [0.15, 0.2) is 0 Å². The van der Waals surface area contributed by atoms with Gasteiger partial charge in [-0.1, -0.05) is 52.5 Å². The molecule has 0 unspecified atom stereocenters. The molecule has 3 aliphatic rings. The average Bonchev–Trinajstić information content (AvgIpc) is 2.65.